The van der Waals surface area contributed by atoms with Gasteiger partial charge >= 0.3 is 0 Å². The van der Waals surface area contributed by atoms with Crippen LogP contribution in [0.4, 0.5) is 0 Å². The monoisotopic (exact) mass is 250 g/mol. The summed E-state index contributed by atoms with van der Waals surface area (Å²) in [6.45, 7) is 6.17. The van der Waals surface area contributed by atoms with Crippen molar-refractivity contribution in [1.29, 1.82) is 0 Å². The molecule has 1 aromatic heterocycles. The summed E-state index contributed by atoms with van der Waals surface area (Å²) in [5.41, 5.74) is 1.11. The standard InChI is InChI=1S/C14H22N2O2/c1-9-10(2)18-11(3)14(9)13(17)6-5-12-7-8-15-16(12)4/h7-11,14H,5-6H2,1-4H3. The maximum atomic E-state index is 12.3. The van der Waals surface area contributed by atoms with Crippen molar-refractivity contribution in [2.45, 2.75) is 45.8 Å². The number of nitrogens with zero attached hydrogens (tertiary/aromatic N) is 2. The molecule has 2 heterocycles. The van der Waals surface area contributed by atoms with E-state index in [1.807, 2.05) is 24.7 Å². The number of aryl methyl sites for hydroxylation is 2. The van der Waals surface area contributed by atoms with Crippen LogP contribution in [0.25, 0.3) is 0 Å². The summed E-state index contributed by atoms with van der Waals surface area (Å²) >= 11 is 0. The highest BCUT2D eigenvalue weighted by atomic mass is 16.5. The largest absolute Gasteiger partial charge is 0.375 e. The Balaban J connectivity index is 1.94. The topological polar surface area (TPSA) is 44.1 Å². The lowest BCUT2D eigenvalue weighted by Crippen LogP contribution is -2.27. The first-order valence-corrected chi connectivity index (χ1v) is 6.65. The Hall–Kier alpha value is -1.16. The van der Waals surface area contributed by atoms with Gasteiger partial charge in [-0.3, -0.25) is 9.48 Å². The number of rotatable bonds is 4. The average molecular weight is 250 g/mol. The number of aromatic nitrogens is 2. The minimum absolute atomic E-state index is 0.0493. The molecule has 4 unspecified atom stereocenters. The van der Waals surface area contributed by atoms with Crippen molar-refractivity contribution in [1.82, 2.24) is 9.78 Å². The van der Waals surface area contributed by atoms with Gasteiger partial charge in [-0.25, -0.2) is 0 Å². The van der Waals surface area contributed by atoms with Crippen LogP contribution in [0.1, 0.15) is 32.9 Å². The van der Waals surface area contributed by atoms with E-state index in [1.54, 1.807) is 6.20 Å². The summed E-state index contributed by atoms with van der Waals surface area (Å²) in [4.78, 5) is 12.3. The first-order chi connectivity index (χ1) is 8.50. The lowest BCUT2D eigenvalue weighted by molar-refractivity contribution is -0.125. The molecule has 0 bridgehead atoms. The molecular formula is C14H22N2O2. The van der Waals surface area contributed by atoms with Gasteiger partial charge in [0.2, 0.25) is 0 Å². The van der Waals surface area contributed by atoms with Crippen LogP contribution in [0.3, 0.4) is 0 Å². The van der Waals surface area contributed by atoms with Gasteiger partial charge in [0.1, 0.15) is 5.78 Å². The van der Waals surface area contributed by atoms with Crippen LogP contribution < -0.4 is 0 Å². The fourth-order valence-electron chi connectivity index (χ4n) is 2.89. The van der Waals surface area contributed by atoms with Crippen molar-refractivity contribution in [3.63, 3.8) is 0 Å². The molecule has 0 N–H and O–H groups in total. The van der Waals surface area contributed by atoms with Crippen LogP contribution in [0.2, 0.25) is 0 Å². The predicted molar refractivity (Wildman–Crippen MR) is 69.2 cm³/mol. The number of ketones is 1. The third-order valence-corrected chi connectivity index (χ3v) is 4.16. The zero-order valence-electron chi connectivity index (χ0n) is 11.6. The highest BCUT2D eigenvalue weighted by Gasteiger charge is 2.40. The number of carbonyl (C=O) groups excluding carboxylic acids is 1. The molecule has 0 aliphatic carbocycles. The third-order valence-electron chi connectivity index (χ3n) is 4.16. The van der Waals surface area contributed by atoms with E-state index >= 15 is 0 Å². The van der Waals surface area contributed by atoms with Crippen LogP contribution in [0.15, 0.2) is 12.3 Å². The third kappa shape index (κ3) is 2.48. The van der Waals surface area contributed by atoms with Gasteiger partial charge in [-0.2, -0.15) is 5.10 Å². The maximum absolute atomic E-state index is 12.3. The smallest absolute Gasteiger partial charge is 0.139 e. The summed E-state index contributed by atoms with van der Waals surface area (Å²) < 4.78 is 7.56. The molecule has 18 heavy (non-hydrogen) atoms. The molecule has 0 spiro atoms. The number of ether oxygens (including phenoxy) is 1. The van der Waals surface area contributed by atoms with Crippen molar-refractivity contribution in [2.24, 2.45) is 18.9 Å². The molecule has 0 amide bonds. The molecule has 1 aliphatic rings. The summed E-state index contributed by atoms with van der Waals surface area (Å²) in [5.74, 6) is 0.688. The number of hydrogen-bond donors (Lipinski definition) is 0. The normalized spacial score (nSPS) is 31.8. The van der Waals surface area contributed by atoms with E-state index in [0.717, 1.165) is 12.1 Å². The second-order valence-electron chi connectivity index (χ2n) is 5.34. The van der Waals surface area contributed by atoms with Gasteiger partial charge in [-0.15, -0.1) is 0 Å². The predicted octanol–water partition coefficient (Wildman–Crippen LogP) is 1.98. The Labute approximate surface area is 108 Å². The minimum Gasteiger partial charge on any atom is -0.375 e. The molecule has 4 heteroatoms. The van der Waals surface area contributed by atoms with E-state index in [0.29, 0.717) is 18.1 Å². The molecule has 1 saturated heterocycles. The second kappa shape index (κ2) is 5.22. The summed E-state index contributed by atoms with van der Waals surface area (Å²) in [6, 6.07) is 1.97. The molecule has 4 nitrogen and oxygen atoms in total. The lowest BCUT2D eigenvalue weighted by Gasteiger charge is -2.16. The fraction of sp³-hybridized carbons (Fsp3) is 0.714. The van der Waals surface area contributed by atoms with Gasteiger partial charge in [0.25, 0.3) is 0 Å². The van der Waals surface area contributed by atoms with Crippen molar-refractivity contribution in [2.75, 3.05) is 0 Å². The first-order valence-electron chi connectivity index (χ1n) is 6.65. The van der Waals surface area contributed by atoms with E-state index in [9.17, 15) is 4.79 Å². The quantitative estimate of drug-likeness (QED) is 0.820. The summed E-state index contributed by atoms with van der Waals surface area (Å²) in [5, 5.41) is 4.11. The van der Waals surface area contributed by atoms with Crippen molar-refractivity contribution in [3.05, 3.63) is 18.0 Å². The Morgan fingerprint density at radius 1 is 1.39 bits per heavy atom. The SMILES string of the molecule is CC1OC(C)C(C(=O)CCc2ccnn2C)C1C. The van der Waals surface area contributed by atoms with E-state index < -0.39 is 0 Å². The van der Waals surface area contributed by atoms with E-state index in [-0.39, 0.29) is 18.1 Å². The zero-order chi connectivity index (χ0) is 13.3. The molecule has 2 rings (SSSR count). The second-order valence-corrected chi connectivity index (χ2v) is 5.34. The number of carbonyl (C=O) groups is 1. The van der Waals surface area contributed by atoms with Gasteiger partial charge in [0, 0.05) is 31.3 Å². The first kappa shape index (κ1) is 13.3. The van der Waals surface area contributed by atoms with E-state index in [1.165, 1.54) is 0 Å². The van der Waals surface area contributed by atoms with Gasteiger partial charge < -0.3 is 4.74 Å². The molecule has 0 radical (unpaired) electrons. The van der Waals surface area contributed by atoms with Crippen LogP contribution in [-0.2, 0) is 23.0 Å². The average Bonchev–Trinajstić information content (AvgIpc) is 2.81. The molecule has 1 aliphatic heterocycles. The van der Waals surface area contributed by atoms with Crippen LogP contribution in [-0.4, -0.2) is 27.8 Å². The van der Waals surface area contributed by atoms with Gasteiger partial charge in [-0.1, -0.05) is 6.92 Å². The molecule has 0 saturated carbocycles. The van der Waals surface area contributed by atoms with Crippen LogP contribution >= 0.6 is 0 Å². The minimum atomic E-state index is 0.0493. The highest BCUT2D eigenvalue weighted by Crippen LogP contribution is 2.33. The molecule has 1 fully saturated rings. The molecule has 0 aromatic carbocycles. The van der Waals surface area contributed by atoms with Gasteiger partial charge in [0.05, 0.1) is 12.2 Å². The zero-order valence-corrected chi connectivity index (χ0v) is 11.6. The Morgan fingerprint density at radius 2 is 2.11 bits per heavy atom. The van der Waals surface area contributed by atoms with Gasteiger partial charge in [-0.05, 0) is 32.3 Å². The molecule has 100 valence electrons. The fourth-order valence-corrected chi connectivity index (χ4v) is 2.89. The van der Waals surface area contributed by atoms with E-state index in [4.69, 9.17) is 4.74 Å². The van der Waals surface area contributed by atoms with Gasteiger partial charge in [0.15, 0.2) is 0 Å². The maximum Gasteiger partial charge on any atom is 0.139 e. The summed E-state index contributed by atoms with van der Waals surface area (Å²) in [7, 11) is 1.91. The molecule has 1 aromatic rings. The van der Waals surface area contributed by atoms with Crippen LogP contribution in [0, 0.1) is 11.8 Å². The molecular weight excluding hydrogens is 228 g/mol. The Bertz CT molecular complexity index is 427. The Kier molecular flexibility index (Phi) is 3.85. The number of hydrogen-bond acceptors (Lipinski definition) is 3. The highest BCUT2D eigenvalue weighted by molar-refractivity contribution is 5.82. The van der Waals surface area contributed by atoms with Crippen molar-refractivity contribution >= 4 is 5.78 Å². The molecule has 4 atom stereocenters. The van der Waals surface area contributed by atoms with E-state index in [2.05, 4.69) is 18.9 Å². The lowest BCUT2D eigenvalue weighted by atomic mass is 9.84. The number of Topliss-reactive ketones (excluding diaryl/α,β-unsaturated/α-hetero) is 1. The van der Waals surface area contributed by atoms with Crippen molar-refractivity contribution < 1.29 is 9.53 Å². The van der Waals surface area contributed by atoms with Crippen LogP contribution in [0.5, 0.6) is 0 Å². The van der Waals surface area contributed by atoms with Crippen molar-refractivity contribution in [3.8, 4) is 0 Å². The summed E-state index contributed by atoms with van der Waals surface area (Å²) in [6.07, 6.45) is 3.35. The Morgan fingerprint density at radius 3 is 2.61 bits per heavy atom.